The molecule has 0 bridgehead atoms. The van der Waals surface area contributed by atoms with Gasteiger partial charge in [0.15, 0.2) is 0 Å². The highest BCUT2D eigenvalue weighted by molar-refractivity contribution is 5.73. The van der Waals surface area contributed by atoms with Crippen LogP contribution in [0, 0.1) is 16.7 Å². The highest BCUT2D eigenvalue weighted by Gasteiger charge is 2.50. The van der Waals surface area contributed by atoms with Crippen LogP contribution in [0.25, 0.3) is 0 Å². The van der Waals surface area contributed by atoms with E-state index in [4.69, 9.17) is 4.74 Å². The lowest BCUT2D eigenvalue weighted by atomic mass is 9.62. The van der Waals surface area contributed by atoms with Gasteiger partial charge in [-0.1, -0.05) is 34.1 Å². The van der Waals surface area contributed by atoms with Crippen LogP contribution in [0.2, 0.25) is 0 Å². The van der Waals surface area contributed by atoms with Gasteiger partial charge < -0.3 is 4.74 Å². The van der Waals surface area contributed by atoms with Gasteiger partial charge in [-0.3, -0.25) is 4.79 Å². The smallest absolute Gasteiger partial charge is 0.309 e. The molecular weight excluding hydrogens is 188 g/mol. The van der Waals surface area contributed by atoms with Crippen molar-refractivity contribution in [3.8, 4) is 0 Å². The molecule has 2 heteroatoms. The maximum absolute atomic E-state index is 11.8. The molecule has 0 spiro atoms. The lowest BCUT2D eigenvalue weighted by Gasteiger charge is -2.42. The molecule has 0 radical (unpaired) electrons. The Bertz CT molecular complexity index is 245. The van der Waals surface area contributed by atoms with Crippen LogP contribution in [0.15, 0.2) is 0 Å². The molecule has 2 atom stereocenters. The number of hydrogen-bond donors (Lipinski definition) is 0. The number of carbonyl (C=O) groups excluding carboxylic acids is 1. The quantitative estimate of drug-likeness (QED) is 0.670. The van der Waals surface area contributed by atoms with Crippen molar-refractivity contribution >= 4 is 5.97 Å². The van der Waals surface area contributed by atoms with E-state index in [0.29, 0.717) is 6.61 Å². The summed E-state index contributed by atoms with van der Waals surface area (Å²) in [6, 6.07) is 0. The van der Waals surface area contributed by atoms with Gasteiger partial charge in [0.25, 0.3) is 0 Å². The SMILES string of the molecule is CCOC(=O)C(C)C1(C)CCCC1(C)C. The van der Waals surface area contributed by atoms with Crippen LogP contribution in [-0.2, 0) is 9.53 Å². The molecule has 0 aromatic heterocycles. The van der Waals surface area contributed by atoms with Crippen molar-refractivity contribution in [3.63, 3.8) is 0 Å². The van der Waals surface area contributed by atoms with Crippen LogP contribution in [-0.4, -0.2) is 12.6 Å². The van der Waals surface area contributed by atoms with Gasteiger partial charge in [-0.25, -0.2) is 0 Å². The van der Waals surface area contributed by atoms with E-state index >= 15 is 0 Å². The molecular formula is C13H24O2. The minimum absolute atomic E-state index is 0.00921. The lowest BCUT2D eigenvalue weighted by Crippen LogP contribution is -2.40. The fourth-order valence-corrected chi connectivity index (χ4v) is 2.85. The van der Waals surface area contributed by atoms with Crippen molar-refractivity contribution in [2.45, 2.75) is 53.9 Å². The van der Waals surface area contributed by atoms with Crippen LogP contribution in [0.5, 0.6) is 0 Å². The fourth-order valence-electron chi connectivity index (χ4n) is 2.85. The third-order valence-corrected chi connectivity index (χ3v) is 4.64. The molecule has 2 nitrogen and oxygen atoms in total. The Hall–Kier alpha value is -0.530. The summed E-state index contributed by atoms with van der Waals surface area (Å²) in [5.74, 6) is -0.0232. The summed E-state index contributed by atoms with van der Waals surface area (Å²) in [5, 5.41) is 0. The Balaban J connectivity index is 2.81. The number of rotatable bonds is 3. The molecule has 0 aromatic carbocycles. The minimum Gasteiger partial charge on any atom is -0.466 e. The van der Waals surface area contributed by atoms with Gasteiger partial charge in [0.05, 0.1) is 12.5 Å². The number of hydrogen-bond acceptors (Lipinski definition) is 2. The molecule has 15 heavy (non-hydrogen) atoms. The van der Waals surface area contributed by atoms with Gasteiger partial charge >= 0.3 is 5.97 Å². The summed E-state index contributed by atoms with van der Waals surface area (Å²) in [7, 11) is 0. The van der Waals surface area contributed by atoms with Gasteiger partial charge in [-0.15, -0.1) is 0 Å². The van der Waals surface area contributed by atoms with Crippen molar-refractivity contribution in [2.24, 2.45) is 16.7 Å². The molecule has 0 aromatic rings. The van der Waals surface area contributed by atoms with Crippen molar-refractivity contribution in [3.05, 3.63) is 0 Å². The number of carbonyl (C=O) groups is 1. The van der Waals surface area contributed by atoms with Gasteiger partial charge in [-0.05, 0) is 30.6 Å². The summed E-state index contributed by atoms with van der Waals surface area (Å²) in [4.78, 5) is 11.8. The Morgan fingerprint density at radius 3 is 2.33 bits per heavy atom. The summed E-state index contributed by atoms with van der Waals surface area (Å²) >= 11 is 0. The van der Waals surface area contributed by atoms with E-state index in [0.717, 1.165) is 6.42 Å². The van der Waals surface area contributed by atoms with Gasteiger partial charge in [-0.2, -0.15) is 0 Å². The minimum atomic E-state index is -0.0324. The molecule has 0 aliphatic heterocycles. The molecule has 0 saturated heterocycles. The van der Waals surface area contributed by atoms with Gasteiger partial charge in [0, 0.05) is 0 Å². The van der Waals surface area contributed by atoms with Crippen LogP contribution in [0.3, 0.4) is 0 Å². The lowest BCUT2D eigenvalue weighted by molar-refractivity contribution is -0.154. The van der Waals surface area contributed by atoms with Crippen molar-refractivity contribution in [2.75, 3.05) is 6.61 Å². The van der Waals surface area contributed by atoms with E-state index in [1.165, 1.54) is 12.8 Å². The molecule has 0 amide bonds. The zero-order chi connectivity index (χ0) is 11.7. The molecule has 1 aliphatic rings. The Labute approximate surface area is 93.4 Å². The molecule has 1 rings (SSSR count). The second-order valence-electron chi connectivity index (χ2n) is 5.63. The second kappa shape index (κ2) is 4.15. The average Bonchev–Trinajstić information content (AvgIpc) is 2.42. The zero-order valence-corrected chi connectivity index (χ0v) is 10.7. The highest BCUT2D eigenvalue weighted by Crippen LogP contribution is 2.56. The Morgan fingerprint density at radius 2 is 1.93 bits per heavy atom. The third kappa shape index (κ3) is 2.04. The Kier molecular flexibility index (Phi) is 3.47. The summed E-state index contributed by atoms with van der Waals surface area (Å²) in [6.45, 7) is 11.2. The maximum atomic E-state index is 11.8. The first-order valence-electron chi connectivity index (χ1n) is 6.02. The van der Waals surface area contributed by atoms with Crippen LogP contribution >= 0.6 is 0 Å². The fraction of sp³-hybridized carbons (Fsp3) is 0.923. The maximum Gasteiger partial charge on any atom is 0.309 e. The van der Waals surface area contributed by atoms with Crippen molar-refractivity contribution in [1.82, 2.24) is 0 Å². The number of esters is 1. The largest absolute Gasteiger partial charge is 0.466 e. The Morgan fingerprint density at radius 1 is 1.33 bits per heavy atom. The number of ether oxygens (including phenoxy) is 1. The first-order valence-corrected chi connectivity index (χ1v) is 6.02. The van der Waals surface area contributed by atoms with Crippen LogP contribution < -0.4 is 0 Å². The van der Waals surface area contributed by atoms with Gasteiger partial charge in [0.1, 0.15) is 0 Å². The molecule has 1 aliphatic carbocycles. The standard InChI is InChI=1S/C13H24O2/c1-6-15-11(14)10(2)13(5)9-7-8-12(13,3)4/h10H,6-9H2,1-5H3. The topological polar surface area (TPSA) is 26.3 Å². The molecule has 1 saturated carbocycles. The first kappa shape index (κ1) is 12.5. The van der Waals surface area contributed by atoms with E-state index in [1.807, 2.05) is 13.8 Å². The highest BCUT2D eigenvalue weighted by atomic mass is 16.5. The monoisotopic (exact) mass is 212 g/mol. The van der Waals surface area contributed by atoms with E-state index in [1.54, 1.807) is 0 Å². The molecule has 88 valence electrons. The molecule has 2 unspecified atom stereocenters. The first-order chi connectivity index (χ1) is 6.85. The predicted octanol–water partition coefficient (Wildman–Crippen LogP) is 3.40. The summed E-state index contributed by atoms with van der Waals surface area (Å²) < 4.78 is 5.14. The normalized spacial score (nSPS) is 31.3. The van der Waals surface area contributed by atoms with E-state index < -0.39 is 0 Å². The van der Waals surface area contributed by atoms with E-state index in [-0.39, 0.29) is 22.7 Å². The van der Waals surface area contributed by atoms with Crippen molar-refractivity contribution < 1.29 is 9.53 Å². The molecule has 0 heterocycles. The third-order valence-electron chi connectivity index (χ3n) is 4.64. The molecule has 0 N–H and O–H groups in total. The van der Waals surface area contributed by atoms with E-state index in [2.05, 4.69) is 20.8 Å². The van der Waals surface area contributed by atoms with E-state index in [9.17, 15) is 4.79 Å². The molecule has 1 fully saturated rings. The summed E-state index contributed by atoms with van der Waals surface area (Å²) in [6.07, 6.45) is 3.58. The average molecular weight is 212 g/mol. The van der Waals surface area contributed by atoms with Crippen LogP contribution in [0.4, 0.5) is 0 Å². The van der Waals surface area contributed by atoms with Crippen LogP contribution in [0.1, 0.15) is 53.9 Å². The van der Waals surface area contributed by atoms with Gasteiger partial charge in [0.2, 0.25) is 0 Å². The summed E-state index contributed by atoms with van der Waals surface area (Å²) in [5.41, 5.74) is 0.346. The van der Waals surface area contributed by atoms with Crippen molar-refractivity contribution in [1.29, 1.82) is 0 Å². The predicted molar refractivity (Wildman–Crippen MR) is 61.5 cm³/mol. The zero-order valence-electron chi connectivity index (χ0n) is 10.7. The second-order valence-corrected chi connectivity index (χ2v) is 5.63.